The lowest BCUT2D eigenvalue weighted by Gasteiger charge is -2.31. The molecule has 0 atom stereocenters. The third-order valence-electron chi connectivity index (χ3n) is 14.9. The molecule has 0 aliphatic heterocycles. The van der Waals surface area contributed by atoms with Crippen LogP contribution in [0.3, 0.4) is 0 Å². The van der Waals surface area contributed by atoms with Gasteiger partial charge in [0.15, 0.2) is 0 Å². The second kappa shape index (κ2) is 15.5. The average molecular weight is 921 g/mol. The van der Waals surface area contributed by atoms with E-state index in [4.69, 9.17) is 9.97 Å². The van der Waals surface area contributed by atoms with Crippen molar-refractivity contribution in [2.45, 2.75) is 13.8 Å². The Balaban J connectivity index is 1.36. The van der Waals surface area contributed by atoms with Crippen molar-refractivity contribution in [1.82, 2.24) is 28.2 Å². The first kappa shape index (κ1) is 40.4. The summed E-state index contributed by atoms with van der Waals surface area (Å²) in [6.07, 6.45) is 0. The molecule has 6 nitrogen and oxygen atoms in total. The quantitative estimate of drug-likeness (QED) is 0.167. The molecule has 15 aromatic rings. The van der Waals surface area contributed by atoms with Crippen molar-refractivity contribution in [3.63, 3.8) is 0 Å². The fourth-order valence-electron chi connectivity index (χ4n) is 12.1. The van der Waals surface area contributed by atoms with E-state index in [1.807, 2.05) is 0 Å². The van der Waals surface area contributed by atoms with Crippen molar-refractivity contribution in [1.29, 1.82) is 0 Å². The highest BCUT2D eigenvalue weighted by atomic mass is 15.1. The summed E-state index contributed by atoms with van der Waals surface area (Å²) in [5, 5.41) is 9.37. The van der Waals surface area contributed by atoms with E-state index in [1.165, 1.54) is 43.1 Å². The van der Waals surface area contributed by atoms with Gasteiger partial charge in [-0.25, -0.2) is 0 Å². The standard InChI is InChI=1S/C66H44N6/c1-41-21-19-31-51(67-41)61-63(69-53-33-11-3-23-43(53)44-24-4-12-34-54(44)69)65(71-57-37-15-7-27-47(57)48-28-8-16-38-58(48)71)62(52-32-20-22-42(2)68-52)66(72-59-39-17-9-29-49(59)50-30-10-18-40-60(50)72)64(61)70-55-35-13-5-25-45(55)46-26-6-14-36-56(46)70/h3-40H,1-2H3. The minimum atomic E-state index is 0.858. The van der Waals surface area contributed by atoms with Gasteiger partial charge in [-0.05, 0) is 86.6 Å². The van der Waals surface area contributed by atoms with Crippen LogP contribution in [-0.4, -0.2) is 28.2 Å². The second-order valence-corrected chi connectivity index (χ2v) is 19.0. The van der Waals surface area contributed by atoms with Crippen LogP contribution in [0.25, 0.3) is 132 Å². The van der Waals surface area contributed by atoms with E-state index >= 15 is 0 Å². The van der Waals surface area contributed by atoms with Crippen molar-refractivity contribution < 1.29 is 0 Å². The first-order valence-corrected chi connectivity index (χ1v) is 24.7. The van der Waals surface area contributed by atoms with Gasteiger partial charge in [0.05, 0.1) is 89.4 Å². The molecule has 0 radical (unpaired) electrons. The van der Waals surface area contributed by atoms with E-state index in [9.17, 15) is 0 Å². The zero-order chi connectivity index (χ0) is 47.6. The van der Waals surface area contributed by atoms with Crippen molar-refractivity contribution in [2.24, 2.45) is 0 Å². The number of hydrogen-bond donors (Lipinski definition) is 0. The fraction of sp³-hybridized carbons (Fsp3) is 0.0303. The van der Waals surface area contributed by atoms with Crippen LogP contribution in [-0.2, 0) is 0 Å². The van der Waals surface area contributed by atoms with E-state index in [-0.39, 0.29) is 0 Å². The summed E-state index contributed by atoms with van der Waals surface area (Å²) >= 11 is 0. The Kier molecular flexibility index (Phi) is 8.69. The predicted octanol–water partition coefficient (Wildman–Crippen LogP) is 16.8. The van der Waals surface area contributed by atoms with Crippen LogP contribution in [0.15, 0.2) is 231 Å². The second-order valence-electron chi connectivity index (χ2n) is 19.0. The maximum atomic E-state index is 5.65. The lowest BCUT2D eigenvalue weighted by molar-refractivity contribution is 1.04. The summed E-state index contributed by atoms with van der Waals surface area (Å²) in [7, 11) is 0. The monoisotopic (exact) mass is 920 g/mol. The molecule has 0 bridgehead atoms. The van der Waals surface area contributed by atoms with Gasteiger partial charge in [-0.1, -0.05) is 158 Å². The first-order chi connectivity index (χ1) is 35.6. The molecular weight excluding hydrogens is 877 g/mol. The maximum Gasteiger partial charge on any atom is 0.0827 e. The van der Waals surface area contributed by atoms with Gasteiger partial charge in [-0.2, -0.15) is 0 Å². The number of fused-ring (bicyclic) bond motifs is 12. The van der Waals surface area contributed by atoms with Crippen LogP contribution >= 0.6 is 0 Å². The third kappa shape index (κ3) is 5.66. The lowest BCUT2D eigenvalue weighted by Crippen LogP contribution is -2.16. The molecule has 0 saturated heterocycles. The third-order valence-corrected chi connectivity index (χ3v) is 14.9. The number of aryl methyl sites for hydroxylation is 2. The first-order valence-electron chi connectivity index (χ1n) is 24.7. The van der Waals surface area contributed by atoms with Gasteiger partial charge in [0, 0.05) is 54.5 Å². The van der Waals surface area contributed by atoms with Gasteiger partial charge < -0.3 is 18.3 Å². The largest absolute Gasteiger partial charge is 0.306 e. The maximum absolute atomic E-state index is 5.65. The van der Waals surface area contributed by atoms with Gasteiger partial charge in [0.25, 0.3) is 0 Å². The molecule has 0 amide bonds. The topological polar surface area (TPSA) is 45.5 Å². The van der Waals surface area contributed by atoms with E-state index in [1.54, 1.807) is 0 Å². The van der Waals surface area contributed by atoms with Crippen molar-refractivity contribution in [3.8, 4) is 45.3 Å². The minimum absolute atomic E-state index is 0.858. The molecule has 6 heteroatoms. The smallest absolute Gasteiger partial charge is 0.0827 e. The summed E-state index contributed by atoms with van der Waals surface area (Å²) in [5.74, 6) is 0. The minimum Gasteiger partial charge on any atom is -0.306 e. The molecule has 0 spiro atoms. The number of nitrogens with zero attached hydrogens (tertiary/aromatic N) is 6. The van der Waals surface area contributed by atoms with Gasteiger partial charge in [-0.15, -0.1) is 0 Å². The molecule has 0 aliphatic rings. The molecule has 0 saturated carbocycles. The lowest BCUT2D eigenvalue weighted by atomic mass is 9.93. The predicted molar refractivity (Wildman–Crippen MR) is 300 cm³/mol. The van der Waals surface area contributed by atoms with Gasteiger partial charge in [0.2, 0.25) is 0 Å². The van der Waals surface area contributed by atoms with Crippen molar-refractivity contribution in [2.75, 3.05) is 0 Å². The molecule has 338 valence electrons. The molecule has 0 fully saturated rings. The molecule has 15 rings (SSSR count). The van der Waals surface area contributed by atoms with E-state index < -0.39 is 0 Å². The number of aromatic nitrogens is 6. The summed E-state index contributed by atoms with van der Waals surface area (Å²) in [5.41, 5.74) is 18.3. The average Bonchev–Trinajstić information content (AvgIpc) is 4.15. The summed E-state index contributed by atoms with van der Waals surface area (Å²) in [6.45, 7) is 4.22. The normalized spacial score (nSPS) is 12.0. The van der Waals surface area contributed by atoms with Crippen molar-refractivity contribution >= 4 is 87.2 Å². The van der Waals surface area contributed by atoms with Crippen LogP contribution < -0.4 is 0 Å². The molecule has 0 aliphatic carbocycles. The molecule has 6 aromatic heterocycles. The van der Waals surface area contributed by atoms with Crippen LogP contribution in [0.5, 0.6) is 0 Å². The molecular formula is C66H44N6. The van der Waals surface area contributed by atoms with Crippen molar-refractivity contribution in [3.05, 3.63) is 242 Å². The van der Waals surface area contributed by atoms with Crippen LogP contribution in [0, 0.1) is 13.8 Å². The number of hydrogen-bond acceptors (Lipinski definition) is 2. The Morgan fingerprint density at radius 1 is 0.222 bits per heavy atom. The Morgan fingerprint density at radius 2 is 0.417 bits per heavy atom. The Bertz CT molecular complexity index is 3960. The fourth-order valence-corrected chi connectivity index (χ4v) is 12.1. The summed E-state index contributed by atoms with van der Waals surface area (Å²) < 4.78 is 10.1. The van der Waals surface area contributed by atoms with E-state index in [0.29, 0.717) is 0 Å². The molecule has 0 unspecified atom stereocenters. The Hall–Kier alpha value is -9.52. The van der Waals surface area contributed by atoms with Crippen LogP contribution in [0.4, 0.5) is 0 Å². The SMILES string of the molecule is Cc1cccc(-c2c(-n3c4ccccc4c4ccccc43)c(-n3c4ccccc4c4ccccc43)c(-c3cccc(C)n3)c(-n3c4ccccc4c4ccccc43)c2-n2c3ccccc3c3ccccc32)n1. The Morgan fingerprint density at radius 3 is 0.611 bits per heavy atom. The molecule has 9 aromatic carbocycles. The van der Waals surface area contributed by atoms with Crippen LogP contribution in [0.1, 0.15) is 11.4 Å². The number of benzene rings is 9. The summed E-state index contributed by atoms with van der Waals surface area (Å²) in [6, 6.07) is 84.0. The van der Waals surface area contributed by atoms with E-state index in [2.05, 4.69) is 263 Å². The number of para-hydroxylation sites is 8. The summed E-state index contributed by atoms with van der Waals surface area (Å²) in [4.78, 5) is 11.3. The molecule has 0 N–H and O–H groups in total. The number of pyridine rings is 2. The highest BCUT2D eigenvalue weighted by molar-refractivity contribution is 6.18. The van der Waals surface area contributed by atoms with Crippen LogP contribution in [0.2, 0.25) is 0 Å². The number of rotatable bonds is 6. The van der Waals surface area contributed by atoms with Gasteiger partial charge >= 0.3 is 0 Å². The van der Waals surface area contributed by atoms with Gasteiger partial charge in [-0.3, -0.25) is 9.97 Å². The molecule has 6 heterocycles. The zero-order valence-electron chi connectivity index (χ0n) is 39.6. The van der Waals surface area contributed by atoms with Gasteiger partial charge in [0.1, 0.15) is 0 Å². The zero-order valence-corrected chi connectivity index (χ0v) is 39.6. The highest BCUT2D eigenvalue weighted by Crippen LogP contribution is 2.54. The highest BCUT2D eigenvalue weighted by Gasteiger charge is 2.36. The van der Waals surface area contributed by atoms with E-state index in [0.717, 1.165) is 101 Å². The molecule has 72 heavy (non-hydrogen) atoms. The Labute approximate surface area is 414 Å².